The van der Waals surface area contributed by atoms with E-state index in [4.69, 9.17) is 9.57 Å². The first-order valence-corrected chi connectivity index (χ1v) is 6.60. The van der Waals surface area contributed by atoms with Gasteiger partial charge in [0.1, 0.15) is 6.61 Å². The molecule has 6 heteroatoms. The molecule has 0 bridgehead atoms. The summed E-state index contributed by atoms with van der Waals surface area (Å²) in [5.41, 5.74) is 1.96. The minimum absolute atomic E-state index is 0.0231. The Balaban J connectivity index is 1.75. The van der Waals surface area contributed by atoms with Crippen molar-refractivity contribution < 1.29 is 19.2 Å². The van der Waals surface area contributed by atoms with Gasteiger partial charge < -0.3 is 4.74 Å². The van der Waals surface area contributed by atoms with E-state index in [-0.39, 0.29) is 12.3 Å². The zero-order valence-electron chi connectivity index (χ0n) is 11.5. The van der Waals surface area contributed by atoms with Gasteiger partial charge in [0.05, 0.1) is 0 Å². The number of nitrogens with zero attached hydrogens (tertiary/aromatic N) is 1. The monoisotopic (exact) mass is 296 g/mol. The molecule has 0 saturated carbocycles. The summed E-state index contributed by atoms with van der Waals surface area (Å²) >= 11 is 0. The molecule has 0 aliphatic carbocycles. The number of cyclic esters (lactones) is 1. The maximum atomic E-state index is 11.8. The van der Waals surface area contributed by atoms with Crippen LogP contribution in [0.25, 0.3) is 0 Å². The maximum Gasteiger partial charge on any atom is 0.437 e. The van der Waals surface area contributed by atoms with Crippen LogP contribution in [0, 0.1) is 0 Å². The Kier molecular flexibility index (Phi) is 3.82. The maximum absolute atomic E-state index is 11.8. The molecule has 3 rings (SSSR count). The third kappa shape index (κ3) is 2.95. The van der Waals surface area contributed by atoms with Gasteiger partial charge in [-0.1, -0.05) is 47.6 Å². The number of carbonyl (C=O) groups excluding carboxylic acids is 2. The number of anilines is 1. The molecule has 1 heterocycles. The van der Waals surface area contributed by atoms with E-state index in [9.17, 15) is 9.59 Å². The molecule has 0 aromatic heterocycles. The van der Waals surface area contributed by atoms with E-state index in [0.29, 0.717) is 11.3 Å². The Hall–Kier alpha value is -3.15. The molecule has 2 aromatic rings. The second-order valence-corrected chi connectivity index (χ2v) is 4.54. The van der Waals surface area contributed by atoms with E-state index < -0.39 is 12.1 Å². The fourth-order valence-corrected chi connectivity index (χ4v) is 2.03. The molecule has 2 aromatic carbocycles. The average molecular weight is 296 g/mol. The first-order valence-electron chi connectivity index (χ1n) is 6.60. The van der Waals surface area contributed by atoms with Crippen LogP contribution in [0.3, 0.4) is 0 Å². The topological polar surface area (TPSA) is 77.0 Å². The largest absolute Gasteiger partial charge is 0.456 e. The van der Waals surface area contributed by atoms with E-state index in [2.05, 4.69) is 10.5 Å². The van der Waals surface area contributed by atoms with Crippen LogP contribution in [0.1, 0.15) is 11.1 Å². The number of rotatable bonds is 2. The van der Waals surface area contributed by atoms with Crippen molar-refractivity contribution in [3.8, 4) is 0 Å². The summed E-state index contributed by atoms with van der Waals surface area (Å²) in [7, 11) is 0. The first-order chi connectivity index (χ1) is 10.7. The number of ether oxygens (including phenoxy) is 1. The highest BCUT2D eigenvalue weighted by Crippen LogP contribution is 2.18. The number of hydrogen-bond acceptors (Lipinski definition) is 5. The normalized spacial score (nSPS) is 14.9. The molecule has 0 unspecified atom stereocenters. The van der Waals surface area contributed by atoms with Crippen LogP contribution in [-0.4, -0.2) is 17.8 Å². The number of carbonyl (C=O) groups is 2. The Labute approximate surface area is 126 Å². The first kappa shape index (κ1) is 13.8. The smallest absolute Gasteiger partial charge is 0.437 e. The van der Waals surface area contributed by atoms with Crippen LogP contribution in [-0.2, 0) is 21.0 Å². The molecule has 0 spiro atoms. The third-order valence-corrected chi connectivity index (χ3v) is 3.06. The summed E-state index contributed by atoms with van der Waals surface area (Å²) in [6, 6.07) is 15.9. The van der Waals surface area contributed by atoms with Crippen LogP contribution in [0.5, 0.6) is 0 Å². The Morgan fingerprint density at radius 2 is 1.82 bits per heavy atom. The SMILES string of the molecule is O=C(Nc1ccccc1)O/N=C1/C(=O)OCc2ccccc21. The number of para-hydroxylation sites is 1. The van der Waals surface area contributed by atoms with Crippen molar-refractivity contribution in [1.82, 2.24) is 0 Å². The van der Waals surface area contributed by atoms with E-state index in [1.54, 1.807) is 36.4 Å². The quantitative estimate of drug-likeness (QED) is 0.525. The highest BCUT2D eigenvalue weighted by molar-refractivity contribution is 6.44. The molecule has 0 atom stereocenters. The Morgan fingerprint density at radius 3 is 2.64 bits per heavy atom. The molecule has 6 nitrogen and oxygen atoms in total. The molecule has 0 radical (unpaired) electrons. The lowest BCUT2D eigenvalue weighted by molar-refractivity contribution is -0.137. The van der Waals surface area contributed by atoms with Crippen LogP contribution >= 0.6 is 0 Å². The molecule has 0 fully saturated rings. The van der Waals surface area contributed by atoms with E-state index in [1.807, 2.05) is 18.2 Å². The summed E-state index contributed by atoms with van der Waals surface area (Å²) in [6.07, 6.45) is -0.783. The molecule has 110 valence electrons. The van der Waals surface area contributed by atoms with E-state index >= 15 is 0 Å². The van der Waals surface area contributed by atoms with Crippen LogP contribution in [0.4, 0.5) is 10.5 Å². The summed E-state index contributed by atoms with van der Waals surface area (Å²) in [5.74, 6) is -0.619. The van der Waals surface area contributed by atoms with Crippen LogP contribution < -0.4 is 5.32 Å². The summed E-state index contributed by atoms with van der Waals surface area (Å²) in [4.78, 5) is 28.2. The zero-order valence-corrected chi connectivity index (χ0v) is 11.5. The highest BCUT2D eigenvalue weighted by Gasteiger charge is 2.25. The fraction of sp³-hybridized carbons (Fsp3) is 0.0625. The van der Waals surface area contributed by atoms with Crippen molar-refractivity contribution in [2.24, 2.45) is 5.16 Å². The van der Waals surface area contributed by atoms with Gasteiger partial charge in [0, 0.05) is 11.3 Å². The number of esters is 1. The number of hydrogen-bond donors (Lipinski definition) is 1. The van der Waals surface area contributed by atoms with Crippen LogP contribution in [0.15, 0.2) is 59.8 Å². The minimum Gasteiger partial charge on any atom is -0.456 e. The van der Waals surface area contributed by atoms with Gasteiger partial charge >= 0.3 is 12.1 Å². The van der Waals surface area contributed by atoms with Gasteiger partial charge in [0.15, 0.2) is 5.71 Å². The van der Waals surface area contributed by atoms with Crippen molar-refractivity contribution in [3.05, 3.63) is 65.7 Å². The average Bonchev–Trinajstić information content (AvgIpc) is 2.55. The van der Waals surface area contributed by atoms with Crippen molar-refractivity contribution in [1.29, 1.82) is 0 Å². The van der Waals surface area contributed by atoms with Crippen molar-refractivity contribution in [3.63, 3.8) is 0 Å². The van der Waals surface area contributed by atoms with Crippen LogP contribution in [0.2, 0.25) is 0 Å². The number of fused-ring (bicyclic) bond motifs is 1. The highest BCUT2D eigenvalue weighted by atomic mass is 16.7. The van der Waals surface area contributed by atoms with Gasteiger partial charge in [-0.25, -0.2) is 9.59 Å². The molecule has 1 aliphatic rings. The van der Waals surface area contributed by atoms with Gasteiger partial charge in [-0.05, 0) is 17.7 Å². The van der Waals surface area contributed by atoms with Gasteiger partial charge in [0.2, 0.25) is 0 Å². The predicted molar refractivity (Wildman–Crippen MR) is 79.3 cm³/mol. The minimum atomic E-state index is -0.783. The molecular weight excluding hydrogens is 284 g/mol. The third-order valence-electron chi connectivity index (χ3n) is 3.06. The van der Waals surface area contributed by atoms with Crippen molar-refractivity contribution in [2.45, 2.75) is 6.61 Å². The summed E-state index contributed by atoms with van der Waals surface area (Å²) in [6.45, 7) is 0.185. The summed E-state index contributed by atoms with van der Waals surface area (Å²) < 4.78 is 4.99. The molecule has 1 N–H and O–H groups in total. The molecular formula is C16H12N2O4. The second kappa shape index (κ2) is 6.09. The molecule has 1 aliphatic heterocycles. The van der Waals surface area contributed by atoms with Gasteiger partial charge in [0.25, 0.3) is 0 Å². The number of amides is 1. The van der Waals surface area contributed by atoms with E-state index in [1.165, 1.54) is 0 Å². The van der Waals surface area contributed by atoms with Gasteiger partial charge in [-0.15, -0.1) is 0 Å². The van der Waals surface area contributed by atoms with Gasteiger partial charge in [-0.3, -0.25) is 10.2 Å². The molecule has 22 heavy (non-hydrogen) atoms. The van der Waals surface area contributed by atoms with Crippen molar-refractivity contribution >= 4 is 23.5 Å². The van der Waals surface area contributed by atoms with Gasteiger partial charge in [-0.2, -0.15) is 0 Å². The lowest BCUT2D eigenvalue weighted by atomic mass is 10.0. The standard InChI is InChI=1S/C16H12N2O4/c19-15-14(13-9-5-4-6-11(13)10-21-15)18-22-16(20)17-12-7-2-1-3-8-12/h1-9H,10H2,(H,17,20)/b18-14+. The number of benzene rings is 2. The fourth-order valence-electron chi connectivity index (χ4n) is 2.03. The second-order valence-electron chi connectivity index (χ2n) is 4.54. The Morgan fingerprint density at radius 1 is 1.09 bits per heavy atom. The molecule has 1 amide bonds. The molecule has 0 saturated heterocycles. The summed E-state index contributed by atoms with van der Waals surface area (Å²) in [5, 5.41) is 6.13. The predicted octanol–water partition coefficient (Wildman–Crippen LogP) is 2.70. The Bertz CT molecular complexity index is 741. The lowest BCUT2D eigenvalue weighted by Crippen LogP contribution is -2.26. The lowest BCUT2D eigenvalue weighted by Gasteiger charge is -2.16. The van der Waals surface area contributed by atoms with Crippen molar-refractivity contribution in [2.75, 3.05) is 5.32 Å². The number of oxime groups is 1. The van der Waals surface area contributed by atoms with E-state index in [0.717, 1.165) is 5.56 Å². The number of nitrogens with one attached hydrogen (secondary N) is 1. The zero-order chi connectivity index (χ0) is 15.4.